The second-order valence-corrected chi connectivity index (χ2v) is 12.4. The summed E-state index contributed by atoms with van der Waals surface area (Å²) in [6, 6.07) is 34.2. The topological polar surface area (TPSA) is 145 Å². The molecule has 0 aliphatic heterocycles. The number of amides is 3. The molecule has 0 unspecified atom stereocenters. The quantitative estimate of drug-likeness (QED) is 0.118. The second-order valence-electron chi connectivity index (χ2n) is 11.4. The maximum atomic E-state index is 13.8. The fourth-order valence-corrected chi connectivity index (χ4v) is 5.94. The highest BCUT2D eigenvalue weighted by Gasteiger charge is 2.28. The first-order valence-electron chi connectivity index (χ1n) is 16.2. The molecule has 0 bridgehead atoms. The Balaban J connectivity index is 1.26. The lowest BCUT2D eigenvalue weighted by Gasteiger charge is -2.23. The molecule has 3 amide bonds. The Morgan fingerprint density at radius 2 is 1.37 bits per heavy atom. The smallest absolute Gasteiger partial charge is 0.413 e. The minimum Gasteiger partial charge on any atom is -0.497 e. The maximum absolute atomic E-state index is 13.8. The van der Waals surface area contributed by atoms with E-state index in [0.29, 0.717) is 11.5 Å². The number of nitrogens with one attached hydrogen (secondary N) is 3. The van der Waals surface area contributed by atoms with Gasteiger partial charge < -0.3 is 30.2 Å². The van der Waals surface area contributed by atoms with Crippen molar-refractivity contribution in [1.82, 2.24) is 20.9 Å². The summed E-state index contributed by atoms with van der Waals surface area (Å²) in [6.45, 7) is -0.335. The van der Waals surface area contributed by atoms with Crippen molar-refractivity contribution in [2.45, 2.75) is 30.9 Å². The lowest BCUT2D eigenvalue weighted by molar-refractivity contribution is -0.145. The van der Waals surface area contributed by atoms with Crippen molar-refractivity contribution in [3.05, 3.63) is 138 Å². The Bertz CT molecular complexity index is 1910. The zero-order valence-corrected chi connectivity index (χ0v) is 28.8. The number of hydrogen-bond acceptors (Lipinski definition) is 9. The molecule has 0 spiro atoms. The zero-order valence-electron chi connectivity index (χ0n) is 28.0. The Morgan fingerprint density at radius 3 is 2.10 bits per heavy atom. The first kappa shape index (κ1) is 36.4. The number of pyridine rings is 1. The van der Waals surface area contributed by atoms with Crippen LogP contribution in [0, 0.1) is 0 Å². The van der Waals surface area contributed by atoms with Gasteiger partial charge >= 0.3 is 12.1 Å². The van der Waals surface area contributed by atoms with E-state index in [1.54, 1.807) is 24.3 Å². The maximum Gasteiger partial charge on any atom is 0.413 e. The normalized spacial score (nSPS) is 11.9. The molecule has 4 aromatic carbocycles. The lowest BCUT2D eigenvalue weighted by atomic mass is 10.1. The van der Waals surface area contributed by atoms with Gasteiger partial charge in [0.2, 0.25) is 11.8 Å². The van der Waals surface area contributed by atoms with E-state index < -0.39 is 42.5 Å². The minimum atomic E-state index is -1.10. The van der Waals surface area contributed by atoms with Crippen LogP contribution < -0.4 is 25.4 Å². The number of methoxy groups -OCH3 is 1. The van der Waals surface area contributed by atoms with Gasteiger partial charge in [-0.15, -0.1) is 0 Å². The lowest BCUT2D eigenvalue weighted by Crippen LogP contribution is -2.56. The zero-order chi connectivity index (χ0) is 35.8. The van der Waals surface area contributed by atoms with Crippen molar-refractivity contribution in [1.29, 1.82) is 0 Å². The molecule has 51 heavy (non-hydrogen) atoms. The van der Waals surface area contributed by atoms with E-state index in [9.17, 15) is 19.2 Å². The number of para-hydroxylation sites is 1. The molecule has 3 N–H and O–H groups in total. The van der Waals surface area contributed by atoms with E-state index in [-0.39, 0.29) is 24.5 Å². The fourth-order valence-electron chi connectivity index (χ4n) is 4.98. The summed E-state index contributed by atoms with van der Waals surface area (Å²) in [5.74, 6) is -0.368. The van der Waals surface area contributed by atoms with Crippen LogP contribution in [0.25, 0.3) is 10.9 Å². The predicted molar refractivity (Wildman–Crippen MR) is 195 cm³/mol. The molecule has 0 saturated carbocycles. The van der Waals surface area contributed by atoms with Crippen LogP contribution in [0.15, 0.2) is 121 Å². The number of hydrogen-bond donors (Lipinski definition) is 3. The predicted octanol–water partition coefficient (Wildman–Crippen LogP) is 5.22. The van der Waals surface area contributed by atoms with E-state index in [1.165, 1.54) is 18.9 Å². The van der Waals surface area contributed by atoms with Gasteiger partial charge in [0.1, 0.15) is 36.7 Å². The van der Waals surface area contributed by atoms with Crippen molar-refractivity contribution in [3.63, 3.8) is 0 Å². The van der Waals surface area contributed by atoms with Crippen LogP contribution in [-0.2, 0) is 37.9 Å². The summed E-state index contributed by atoms with van der Waals surface area (Å²) >= 11 is 1.39. The molecular weight excluding hydrogens is 669 g/mol. The van der Waals surface area contributed by atoms with Crippen LogP contribution in [0.5, 0.6) is 11.5 Å². The summed E-state index contributed by atoms with van der Waals surface area (Å²) < 4.78 is 15.9. The summed E-state index contributed by atoms with van der Waals surface area (Å²) in [7, 11) is 1.53. The molecule has 2 atom stereocenters. The van der Waals surface area contributed by atoms with E-state index in [4.69, 9.17) is 19.2 Å². The van der Waals surface area contributed by atoms with Gasteiger partial charge in [-0.2, -0.15) is 11.8 Å². The Morgan fingerprint density at radius 1 is 0.706 bits per heavy atom. The van der Waals surface area contributed by atoms with Crippen molar-refractivity contribution in [2.24, 2.45) is 0 Å². The van der Waals surface area contributed by atoms with Gasteiger partial charge in [-0.3, -0.25) is 19.4 Å². The minimum absolute atomic E-state index is 0.0593. The molecule has 0 radical (unpaired) electrons. The highest BCUT2D eigenvalue weighted by atomic mass is 32.2. The number of fused-ring (bicyclic) bond motifs is 1. The number of carbonyl (C=O) groups excluding carboxylic acids is 4. The highest BCUT2D eigenvalue weighted by molar-refractivity contribution is 7.98. The van der Waals surface area contributed by atoms with Crippen molar-refractivity contribution in [3.8, 4) is 11.5 Å². The van der Waals surface area contributed by atoms with Gasteiger partial charge in [0, 0.05) is 23.3 Å². The largest absolute Gasteiger partial charge is 0.497 e. The molecule has 5 aromatic rings. The third-order valence-corrected chi connectivity index (χ3v) is 8.70. The number of aromatic nitrogens is 1. The Hall–Kier alpha value is -5.88. The first-order chi connectivity index (χ1) is 24.9. The molecule has 1 heterocycles. The molecule has 12 heteroatoms. The van der Waals surface area contributed by atoms with Crippen LogP contribution >= 0.6 is 11.8 Å². The molecule has 0 fully saturated rings. The van der Waals surface area contributed by atoms with Crippen molar-refractivity contribution < 1.29 is 33.4 Å². The van der Waals surface area contributed by atoms with E-state index >= 15 is 0 Å². The van der Waals surface area contributed by atoms with E-state index in [1.807, 2.05) is 97.1 Å². The number of benzene rings is 4. The summed E-state index contributed by atoms with van der Waals surface area (Å²) in [5.41, 5.74) is 3.24. The van der Waals surface area contributed by atoms with Crippen molar-refractivity contribution in [2.75, 3.05) is 19.4 Å². The molecular formula is C39H38N4O7S. The number of esters is 1. The van der Waals surface area contributed by atoms with Crippen LogP contribution in [-0.4, -0.2) is 60.4 Å². The van der Waals surface area contributed by atoms with Crippen LogP contribution in [0.1, 0.15) is 16.8 Å². The number of thioether (sulfide) groups is 1. The van der Waals surface area contributed by atoms with E-state index in [0.717, 1.165) is 27.7 Å². The number of ether oxygens (including phenoxy) is 3. The SMILES string of the molecule is COc1ccc(OC(=O)N[C@@H](Cc2ccccc2)C(=O)N[C@@H](CSCc2ccc3ccccc3n2)C(=O)NCC(=O)OCc2ccccc2)cc1. The third kappa shape index (κ3) is 11.6. The standard InChI is InChI=1S/C39H38N4O7S/c1-48-31-18-20-32(21-19-31)50-39(47)43-34(22-27-10-4-2-5-11-27)38(46)42-35(26-51-25-30-17-16-29-14-8-9-15-33(29)41-30)37(45)40-23-36(44)49-24-28-12-6-3-7-13-28/h2-21,34-35H,22-26H2,1H3,(H,40,45)(H,42,46)(H,43,47)/t34-,35-/m0/s1. The fraction of sp³-hybridized carbons (Fsp3) is 0.205. The Labute approximate surface area is 300 Å². The van der Waals surface area contributed by atoms with Gasteiger partial charge in [-0.25, -0.2) is 4.79 Å². The van der Waals surface area contributed by atoms with Crippen LogP contribution in [0.3, 0.4) is 0 Å². The first-order valence-corrected chi connectivity index (χ1v) is 17.4. The number of rotatable bonds is 16. The number of nitrogens with zero attached hydrogens (tertiary/aromatic N) is 1. The third-order valence-electron chi connectivity index (χ3n) is 7.63. The van der Waals surface area contributed by atoms with E-state index in [2.05, 4.69) is 16.0 Å². The van der Waals surface area contributed by atoms with Gasteiger partial charge in [0.25, 0.3) is 0 Å². The van der Waals surface area contributed by atoms with Crippen LogP contribution in [0.4, 0.5) is 4.79 Å². The average Bonchev–Trinajstić information content (AvgIpc) is 3.16. The monoisotopic (exact) mass is 706 g/mol. The Kier molecular flexibility index (Phi) is 13.4. The van der Waals surface area contributed by atoms with Gasteiger partial charge in [-0.05, 0) is 47.5 Å². The molecule has 0 aliphatic carbocycles. The summed E-state index contributed by atoms with van der Waals surface area (Å²) in [6.07, 6.45) is -0.728. The molecule has 262 valence electrons. The molecule has 1 aromatic heterocycles. The van der Waals surface area contributed by atoms with Gasteiger partial charge in [-0.1, -0.05) is 84.9 Å². The molecule has 11 nitrogen and oxygen atoms in total. The number of carbonyl (C=O) groups is 4. The second kappa shape index (κ2) is 18.8. The average molecular weight is 707 g/mol. The van der Waals surface area contributed by atoms with Crippen LogP contribution in [0.2, 0.25) is 0 Å². The summed E-state index contributed by atoms with van der Waals surface area (Å²) in [5, 5.41) is 9.03. The summed E-state index contributed by atoms with van der Waals surface area (Å²) in [4.78, 5) is 57.5. The van der Waals surface area contributed by atoms with Crippen molar-refractivity contribution >= 4 is 46.5 Å². The molecule has 5 rings (SSSR count). The molecule has 0 saturated heterocycles. The highest BCUT2D eigenvalue weighted by Crippen LogP contribution is 2.19. The van der Waals surface area contributed by atoms with Gasteiger partial charge in [0.05, 0.1) is 18.3 Å². The molecule has 0 aliphatic rings. The van der Waals surface area contributed by atoms with Gasteiger partial charge in [0.15, 0.2) is 0 Å².